The van der Waals surface area contributed by atoms with Crippen molar-refractivity contribution >= 4 is 39.5 Å². The van der Waals surface area contributed by atoms with Crippen LogP contribution in [-0.4, -0.2) is 17.6 Å². The lowest BCUT2D eigenvalue weighted by atomic mass is 9.87. The zero-order valence-electron chi connectivity index (χ0n) is 10.9. The van der Waals surface area contributed by atoms with E-state index in [2.05, 4.69) is 27.3 Å². The number of carbonyl (C=O) groups excluding carboxylic acids is 2. The van der Waals surface area contributed by atoms with E-state index in [9.17, 15) is 14.9 Å². The van der Waals surface area contributed by atoms with Crippen molar-refractivity contribution in [1.82, 2.24) is 5.32 Å². The van der Waals surface area contributed by atoms with Gasteiger partial charge in [0.05, 0.1) is 22.4 Å². The Morgan fingerprint density at radius 1 is 1.48 bits per heavy atom. The number of nitriles is 1. The van der Waals surface area contributed by atoms with E-state index in [1.54, 1.807) is 0 Å². The number of nitrogens with zero attached hydrogens (tertiary/aromatic N) is 1. The molecule has 0 saturated carbocycles. The fourth-order valence-corrected chi connectivity index (χ4v) is 3.14. The third-order valence-electron chi connectivity index (χ3n) is 2.99. The van der Waals surface area contributed by atoms with Gasteiger partial charge >= 0.3 is 0 Å². The molecule has 0 radical (unpaired) electrons. The number of halogens is 1. The molecule has 7 heteroatoms. The van der Waals surface area contributed by atoms with Gasteiger partial charge in [0.15, 0.2) is 0 Å². The zero-order chi connectivity index (χ0) is 15.4. The number of hydrogen-bond acceptors (Lipinski definition) is 4. The molecule has 2 amide bonds. The lowest BCUT2D eigenvalue weighted by molar-refractivity contribution is -0.121. The normalized spacial score (nSPS) is 18.1. The van der Waals surface area contributed by atoms with Crippen molar-refractivity contribution in [3.05, 3.63) is 44.9 Å². The topological polar surface area (TPSA) is 96.0 Å². The van der Waals surface area contributed by atoms with Gasteiger partial charge in [-0.3, -0.25) is 9.59 Å². The van der Waals surface area contributed by atoms with Crippen LogP contribution in [0.2, 0.25) is 0 Å². The molecule has 0 unspecified atom stereocenters. The molecule has 5 nitrogen and oxygen atoms in total. The third kappa shape index (κ3) is 3.86. The summed E-state index contributed by atoms with van der Waals surface area (Å²) in [6.45, 7) is 0. The lowest BCUT2D eigenvalue weighted by Gasteiger charge is -2.24. The van der Waals surface area contributed by atoms with Crippen LogP contribution in [0.5, 0.6) is 0 Å². The number of rotatable bonds is 4. The van der Waals surface area contributed by atoms with Crippen molar-refractivity contribution in [2.45, 2.75) is 12.3 Å². The molecule has 0 saturated heterocycles. The SMILES string of the molecule is N#CC1=C(SCC(N)=O)NC(=O)C[C@@H]1c1ccc(Br)cc1. The Labute approximate surface area is 134 Å². The number of thioether (sulfide) groups is 1. The molecule has 0 bridgehead atoms. The number of nitrogens with one attached hydrogen (secondary N) is 1. The van der Waals surface area contributed by atoms with E-state index >= 15 is 0 Å². The standard InChI is InChI=1S/C14H12BrN3O2S/c15-9-3-1-8(2-4-9)10-5-13(20)18-14(11(10)6-16)21-7-12(17)19/h1-4,10H,5,7H2,(H2,17,19)(H,18,20)/t10-/m1/s1. The van der Waals surface area contributed by atoms with Gasteiger partial charge in [-0.15, -0.1) is 0 Å². The van der Waals surface area contributed by atoms with Crippen LogP contribution in [0.1, 0.15) is 17.9 Å². The minimum absolute atomic E-state index is 0.0217. The maximum atomic E-state index is 11.8. The number of allylic oxidation sites excluding steroid dienone is 1. The van der Waals surface area contributed by atoms with Crippen molar-refractivity contribution in [2.24, 2.45) is 5.73 Å². The van der Waals surface area contributed by atoms with Gasteiger partial charge in [-0.05, 0) is 17.7 Å². The molecule has 3 N–H and O–H groups in total. The Bertz CT molecular complexity index is 649. The first-order valence-electron chi connectivity index (χ1n) is 6.12. The predicted octanol–water partition coefficient (Wildman–Crippen LogP) is 2.01. The van der Waals surface area contributed by atoms with E-state index in [-0.39, 0.29) is 24.0 Å². The predicted molar refractivity (Wildman–Crippen MR) is 83.9 cm³/mol. The van der Waals surface area contributed by atoms with Crippen molar-refractivity contribution in [2.75, 3.05) is 5.75 Å². The van der Waals surface area contributed by atoms with Crippen LogP contribution in [0.3, 0.4) is 0 Å². The van der Waals surface area contributed by atoms with Gasteiger partial charge in [-0.25, -0.2) is 0 Å². The molecule has 0 aliphatic carbocycles. The number of nitrogens with two attached hydrogens (primary N) is 1. The molecule has 1 aliphatic rings. The fraction of sp³-hybridized carbons (Fsp3) is 0.214. The molecule has 1 atom stereocenters. The first-order chi connectivity index (χ1) is 10.0. The Morgan fingerprint density at radius 2 is 2.14 bits per heavy atom. The summed E-state index contributed by atoms with van der Waals surface area (Å²) in [5.41, 5.74) is 6.46. The second kappa shape index (κ2) is 6.78. The smallest absolute Gasteiger partial charge is 0.227 e. The monoisotopic (exact) mass is 365 g/mol. The summed E-state index contributed by atoms with van der Waals surface area (Å²) in [7, 11) is 0. The summed E-state index contributed by atoms with van der Waals surface area (Å²) in [4.78, 5) is 22.7. The number of primary amides is 1. The summed E-state index contributed by atoms with van der Waals surface area (Å²) >= 11 is 4.44. The molecule has 1 heterocycles. The summed E-state index contributed by atoms with van der Waals surface area (Å²) < 4.78 is 0.928. The molecular weight excluding hydrogens is 354 g/mol. The van der Waals surface area contributed by atoms with Crippen molar-refractivity contribution < 1.29 is 9.59 Å². The van der Waals surface area contributed by atoms with Crippen LogP contribution in [0.15, 0.2) is 39.3 Å². The quantitative estimate of drug-likeness (QED) is 0.852. The van der Waals surface area contributed by atoms with E-state index in [1.165, 1.54) is 0 Å². The molecular formula is C14H12BrN3O2S. The maximum Gasteiger partial charge on any atom is 0.227 e. The number of amides is 2. The van der Waals surface area contributed by atoms with Crippen molar-refractivity contribution in [3.63, 3.8) is 0 Å². The highest BCUT2D eigenvalue weighted by molar-refractivity contribution is 9.10. The van der Waals surface area contributed by atoms with E-state index in [0.29, 0.717) is 10.6 Å². The maximum absolute atomic E-state index is 11.8. The highest BCUT2D eigenvalue weighted by Crippen LogP contribution is 2.36. The van der Waals surface area contributed by atoms with Gasteiger partial charge in [-0.2, -0.15) is 5.26 Å². The van der Waals surface area contributed by atoms with E-state index < -0.39 is 5.91 Å². The molecule has 0 spiro atoms. The van der Waals surface area contributed by atoms with Crippen molar-refractivity contribution in [3.8, 4) is 6.07 Å². The Hall–Kier alpha value is -1.78. The van der Waals surface area contributed by atoms with E-state index in [1.807, 2.05) is 24.3 Å². The molecule has 2 rings (SSSR count). The molecule has 1 aliphatic heterocycles. The van der Waals surface area contributed by atoms with Crippen LogP contribution < -0.4 is 11.1 Å². The van der Waals surface area contributed by atoms with Gasteiger partial charge in [-0.1, -0.05) is 39.8 Å². The minimum atomic E-state index is -0.496. The Kier molecular flexibility index (Phi) is 5.04. The molecule has 1 aromatic rings. The summed E-state index contributed by atoms with van der Waals surface area (Å²) in [5.74, 6) is -0.945. The average molecular weight is 366 g/mol. The highest BCUT2D eigenvalue weighted by atomic mass is 79.9. The van der Waals surface area contributed by atoms with Gasteiger partial charge in [0, 0.05) is 16.8 Å². The van der Waals surface area contributed by atoms with Crippen molar-refractivity contribution in [1.29, 1.82) is 5.26 Å². The largest absolute Gasteiger partial charge is 0.369 e. The highest BCUT2D eigenvalue weighted by Gasteiger charge is 2.29. The summed E-state index contributed by atoms with van der Waals surface area (Å²) in [6, 6.07) is 9.63. The van der Waals surface area contributed by atoms with Gasteiger partial charge in [0.2, 0.25) is 11.8 Å². The number of benzene rings is 1. The molecule has 0 fully saturated rings. The molecule has 0 aromatic heterocycles. The first kappa shape index (κ1) is 15.6. The van der Waals surface area contributed by atoms with Crippen LogP contribution in [0.25, 0.3) is 0 Å². The Balaban J connectivity index is 2.36. The van der Waals surface area contributed by atoms with E-state index in [4.69, 9.17) is 5.73 Å². The third-order valence-corrected chi connectivity index (χ3v) is 4.56. The summed E-state index contributed by atoms with van der Waals surface area (Å²) in [5, 5.41) is 12.5. The summed E-state index contributed by atoms with van der Waals surface area (Å²) in [6.07, 6.45) is 0.213. The number of carbonyl (C=O) groups is 2. The molecule has 108 valence electrons. The zero-order valence-corrected chi connectivity index (χ0v) is 13.3. The van der Waals surface area contributed by atoms with Crippen LogP contribution >= 0.6 is 27.7 Å². The van der Waals surface area contributed by atoms with Crippen LogP contribution in [0.4, 0.5) is 0 Å². The average Bonchev–Trinajstić information content (AvgIpc) is 2.45. The lowest BCUT2D eigenvalue weighted by Crippen LogP contribution is -2.31. The van der Waals surface area contributed by atoms with Gasteiger partial charge in [0.1, 0.15) is 0 Å². The van der Waals surface area contributed by atoms with Crippen LogP contribution in [-0.2, 0) is 9.59 Å². The molecule has 1 aromatic carbocycles. The van der Waals surface area contributed by atoms with Gasteiger partial charge in [0.25, 0.3) is 0 Å². The van der Waals surface area contributed by atoms with Gasteiger partial charge < -0.3 is 11.1 Å². The van der Waals surface area contributed by atoms with E-state index in [0.717, 1.165) is 21.8 Å². The fourth-order valence-electron chi connectivity index (χ4n) is 2.06. The van der Waals surface area contributed by atoms with Crippen LogP contribution in [0, 0.1) is 11.3 Å². The Morgan fingerprint density at radius 3 is 2.71 bits per heavy atom. The number of hydrogen-bond donors (Lipinski definition) is 2. The minimum Gasteiger partial charge on any atom is -0.369 e. The first-order valence-corrected chi connectivity index (χ1v) is 7.89. The second-order valence-electron chi connectivity index (χ2n) is 4.47. The second-order valence-corrected chi connectivity index (χ2v) is 6.37. The molecule has 21 heavy (non-hydrogen) atoms.